The number of aliphatic hydroxyl groups excluding tert-OH is 1. The second-order valence-electron chi connectivity index (χ2n) is 5.33. The highest BCUT2D eigenvalue weighted by Gasteiger charge is 2.17. The fraction of sp³-hybridized carbons (Fsp3) is 0.118. The molecule has 6 nitrogen and oxygen atoms in total. The zero-order valence-corrected chi connectivity index (χ0v) is 15.6. The number of aliphatic hydroxyl groups is 1. The van der Waals surface area contributed by atoms with E-state index >= 15 is 0 Å². The van der Waals surface area contributed by atoms with Crippen LogP contribution in [-0.2, 0) is 6.54 Å². The summed E-state index contributed by atoms with van der Waals surface area (Å²) in [5.41, 5.74) is -0.145. The Balaban J connectivity index is 1.65. The molecular formula is C17H13ClN2O4S2. The van der Waals surface area contributed by atoms with E-state index < -0.39 is 16.9 Å². The van der Waals surface area contributed by atoms with Gasteiger partial charge in [-0.15, -0.1) is 22.7 Å². The minimum Gasteiger partial charge on any atom is -0.382 e. The molecule has 3 aromatic rings. The maximum Gasteiger partial charge on any atom is 0.288 e. The third kappa shape index (κ3) is 4.10. The van der Waals surface area contributed by atoms with Gasteiger partial charge in [-0.1, -0.05) is 17.7 Å². The lowest BCUT2D eigenvalue weighted by molar-refractivity contribution is -0.384. The standard InChI is InChI=1S/C17H13ClN2O4S2/c18-12-5-3-10(8-13(12)20(23)24)17(22)19-9-11-4-6-15(26-11)16(21)14-2-1-7-25-14/h1-8,16,21H,9H2,(H,19,22). The Morgan fingerprint density at radius 3 is 2.77 bits per heavy atom. The minimum absolute atomic E-state index is 0.0167. The number of halogens is 1. The quantitative estimate of drug-likeness (QED) is 0.467. The summed E-state index contributed by atoms with van der Waals surface area (Å²) in [7, 11) is 0. The fourth-order valence-electron chi connectivity index (χ4n) is 2.29. The molecule has 1 atom stereocenters. The Bertz CT molecular complexity index is 940. The molecule has 134 valence electrons. The van der Waals surface area contributed by atoms with E-state index in [9.17, 15) is 20.0 Å². The molecule has 0 radical (unpaired) electrons. The first kappa shape index (κ1) is 18.5. The largest absolute Gasteiger partial charge is 0.382 e. The molecule has 9 heteroatoms. The van der Waals surface area contributed by atoms with Crippen molar-refractivity contribution in [3.63, 3.8) is 0 Å². The Labute approximate surface area is 161 Å². The molecule has 2 heterocycles. The number of hydrogen-bond donors (Lipinski definition) is 2. The summed E-state index contributed by atoms with van der Waals surface area (Å²) < 4.78 is 0. The number of nitro groups is 1. The third-order valence-electron chi connectivity index (χ3n) is 3.59. The molecular weight excluding hydrogens is 396 g/mol. The molecule has 0 saturated carbocycles. The molecule has 2 N–H and O–H groups in total. The van der Waals surface area contributed by atoms with E-state index in [4.69, 9.17) is 11.6 Å². The van der Waals surface area contributed by atoms with Gasteiger partial charge in [0.2, 0.25) is 0 Å². The van der Waals surface area contributed by atoms with Crippen molar-refractivity contribution in [1.82, 2.24) is 5.32 Å². The first-order valence-electron chi connectivity index (χ1n) is 7.48. The van der Waals surface area contributed by atoms with Crippen LogP contribution in [0.3, 0.4) is 0 Å². The summed E-state index contributed by atoms with van der Waals surface area (Å²) in [5.74, 6) is -0.432. The molecule has 3 rings (SSSR count). The Hall–Kier alpha value is -2.26. The predicted octanol–water partition coefficient (Wildman–Crippen LogP) is 4.38. The lowest BCUT2D eigenvalue weighted by Crippen LogP contribution is -2.22. The molecule has 0 spiro atoms. The number of nitrogens with zero attached hydrogens (tertiary/aromatic N) is 1. The molecule has 0 aliphatic heterocycles. The maximum absolute atomic E-state index is 12.2. The first-order valence-corrected chi connectivity index (χ1v) is 9.55. The van der Waals surface area contributed by atoms with Gasteiger partial charge in [0.1, 0.15) is 11.1 Å². The Morgan fingerprint density at radius 1 is 1.27 bits per heavy atom. The topological polar surface area (TPSA) is 92.5 Å². The van der Waals surface area contributed by atoms with Crippen LogP contribution in [0.1, 0.15) is 31.1 Å². The zero-order valence-electron chi connectivity index (χ0n) is 13.2. The van der Waals surface area contributed by atoms with Crippen molar-refractivity contribution in [2.24, 2.45) is 0 Å². The Kier molecular flexibility index (Phi) is 5.67. The van der Waals surface area contributed by atoms with Crippen molar-refractivity contribution in [1.29, 1.82) is 0 Å². The first-order chi connectivity index (χ1) is 12.5. The van der Waals surface area contributed by atoms with Crippen molar-refractivity contribution in [3.8, 4) is 0 Å². The second kappa shape index (κ2) is 7.96. The normalized spacial score (nSPS) is 11.9. The molecule has 0 aliphatic rings. The van der Waals surface area contributed by atoms with Gasteiger partial charge < -0.3 is 10.4 Å². The van der Waals surface area contributed by atoms with Crippen LogP contribution in [-0.4, -0.2) is 15.9 Å². The molecule has 1 unspecified atom stereocenters. The summed E-state index contributed by atoms with van der Waals surface area (Å²) in [5, 5.41) is 25.8. The second-order valence-corrected chi connectivity index (χ2v) is 7.91. The minimum atomic E-state index is -0.677. The van der Waals surface area contributed by atoms with Crippen molar-refractivity contribution in [2.75, 3.05) is 0 Å². The van der Waals surface area contributed by atoms with Gasteiger partial charge in [-0.05, 0) is 35.7 Å². The average molecular weight is 409 g/mol. The zero-order chi connectivity index (χ0) is 18.7. The summed E-state index contributed by atoms with van der Waals surface area (Å²) >= 11 is 8.62. The van der Waals surface area contributed by atoms with Crippen molar-refractivity contribution in [2.45, 2.75) is 12.6 Å². The number of benzene rings is 1. The van der Waals surface area contributed by atoms with Gasteiger partial charge in [0, 0.05) is 26.3 Å². The molecule has 2 aromatic heterocycles. The van der Waals surface area contributed by atoms with Crippen molar-refractivity contribution in [3.05, 3.63) is 83.2 Å². The lowest BCUT2D eigenvalue weighted by Gasteiger charge is -2.06. The molecule has 1 amide bonds. The van der Waals surface area contributed by atoms with Crippen LogP contribution >= 0.6 is 34.3 Å². The van der Waals surface area contributed by atoms with Gasteiger partial charge in [0.05, 0.1) is 11.5 Å². The molecule has 0 bridgehead atoms. The summed E-state index contributed by atoms with van der Waals surface area (Å²) in [4.78, 5) is 25.0. The Morgan fingerprint density at radius 2 is 2.08 bits per heavy atom. The molecule has 0 fully saturated rings. The van der Waals surface area contributed by atoms with Gasteiger partial charge in [0.15, 0.2) is 0 Å². The number of nitro benzene ring substituents is 1. The van der Waals surface area contributed by atoms with E-state index in [2.05, 4.69) is 5.32 Å². The van der Waals surface area contributed by atoms with E-state index in [0.717, 1.165) is 20.7 Å². The average Bonchev–Trinajstić information content (AvgIpc) is 3.31. The third-order valence-corrected chi connectivity index (χ3v) is 5.97. The number of hydrogen-bond acceptors (Lipinski definition) is 6. The van der Waals surface area contributed by atoms with Gasteiger partial charge in [0.25, 0.3) is 11.6 Å². The van der Waals surface area contributed by atoms with Crippen molar-refractivity contribution < 1.29 is 14.8 Å². The smallest absolute Gasteiger partial charge is 0.288 e. The molecule has 0 aliphatic carbocycles. The van der Waals surface area contributed by atoms with Crippen LogP contribution in [0.5, 0.6) is 0 Å². The van der Waals surface area contributed by atoms with E-state index in [1.54, 1.807) is 0 Å². The number of nitrogens with one attached hydrogen (secondary N) is 1. The van der Waals surface area contributed by atoms with E-state index in [1.807, 2.05) is 29.6 Å². The van der Waals surface area contributed by atoms with E-state index in [1.165, 1.54) is 34.8 Å². The molecule has 26 heavy (non-hydrogen) atoms. The highest BCUT2D eigenvalue weighted by Crippen LogP contribution is 2.31. The van der Waals surface area contributed by atoms with Crippen LogP contribution in [0.2, 0.25) is 5.02 Å². The highest BCUT2D eigenvalue weighted by molar-refractivity contribution is 7.12. The fourth-order valence-corrected chi connectivity index (χ4v) is 4.23. The van der Waals surface area contributed by atoms with E-state index in [0.29, 0.717) is 0 Å². The van der Waals surface area contributed by atoms with Gasteiger partial charge in [-0.2, -0.15) is 0 Å². The summed E-state index contributed by atoms with van der Waals surface area (Å²) in [6.07, 6.45) is -0.677. The highest BCUT2D eigenvalue weighted by atomic mass is 35.5. The van der Waals surface area contributed by atoms with Crippen LogP contribution in [0.15, 0.2) is 47.8 Å². The number of carbonyl (C=O) groups excluding carboxylic acids is 1. The lowest BCUT2D eigenvalue weighted by atomic mass is 10.2. The predicted molar refractivity (Wildman–Crippen MR) is 102 cm³/mol. The summed E-state index contributed by atoms with van der Waals surface area (Å²) in [6.45, 7) is 0.261. The number of thiophene rings is 2. The van der Waals surface area contributed by atoms with Gasteiger partial charge in [-0.25, -0.2) is 0 Å². The molecule has 0 saturated heterocycles. The maximum atomic E-state index is 12.2. The number of rotatable bonds is 6. The number of amides is 1. The molecule has 1 aromatic carbocycles. The monoisotopic (exact) mass is 408 g/mol. The van der Waals surface area contributed by atoms with E-state index in [-0.39, 0.29) is 22.8 Å². The van der Waals surface area contributed by atoms with Crippen LogP contribution < -0.4 is 5.32 Å². The van der Waals surface area contributed by atoms with Gasteiger partial charge in [-0.3, -0.25) is 14.9 Å². The van der Waals surface area contributed by atoms with Crippen molar-refractivity contribution >= 4 is 45.9 Å². The van der Waals surface area contributed by atoms with Crippen LogP contribution in [0.25, 0.3) is 0 Å². The van der Waals surface area contributed by atoms with Crippen LogP contribution in [0.4, 0.5) is 5.69 Å². The number of carbonyl (C=O) groups is 1. The SMILES string of the molecule is O=C(NCc1ccc(C(O)c2cccs2)s1)c1ccc(Cl)c([N+](=O)[O-])c1. The van der Waals surface area contributed by atoms with Crippen LogP contribution in [0, 0.1) is 10.1 Å². The van der Waals surface area contributed by atoms with Gasteiger partial charge >= 0.3 is 0 Å². The summed E-state index contributed by atoms with van der Waals surface area (Å²) in [6, 6.07) is 11.3.